The van der Waals surface area contributed by atoms with Crippen molar-refractivity contribution in [2.75, 3.05) is 13.7 Å². The molecule has 0 fully saturated rings. The highest BCUT2D eigenvalue weighted by Crippen LogP contribution is 2.34. The number of benzene rings is 1. The van der Waals surface area contributed by atoms with E-state index in [4.69, 9.17) is 10.5 Å². The molecule has 0 heterocycles. The van der Waals surface area contributed by atoms with Gasteiger partial charge < -0.3 is 10.5 Å². The van der Waals surface area contributed by atoms with Crippen LogP contribution in [-0.4, -0.2) is 13.7 Å². The SMILES string of the molecule is CCC(CC)(CN)Cc1cc(C(C)C)ccc1OC. The molecule has 0 aromatic heterocycles. The number of methoxy groups -OCH3 is 1. The van der Waals surface area contributed by atoms with Crippen LogP contribution in [0, 0.1) is 5.41 Å². The Bertz CT molecular complexity index is 386. The Morgan fingerprint density at radius 3 is 2.26 bits per heavy atom. The molecule has 0 saturated heterocycles. The molecule has 0 spiro atoms. The van der Waals surface area contributed by atoms with Crippen molar-refractivity contribution in [1.29, 1.82) is 0 Å². The molecule has 0 bridgehead atoms. The Hall–Kier alpha value is -1.02. The standard InChI is InChI=1S/C17H29NO/c1-6-17(7-2,12-18)11-15-10-14(13(3)4)8-9-16(15)19-5/h8-10,13H,6-7,11-12,18H2,1-5H3. The van der Waals surface area contributed by atoms with Gasteiger partial charge in [-0.3, -0.25) is 0 Å². The maximum absolute atomic E-state index is 6.03. The van der Waals surface area contributed by atoms with E-state index in [-0.39, 0.29) is 5.41 Å². The lowest BCUT2D eigenvalue weighted by Gasteiger charge is -2.31. The zero-order valence-corrected chi connectivity index (χ0v) is 13.1. The average Bonchev–Trinajstić information content (AvgIpc) is 2.44. The number of ether oxygens (including phenoxy) is 1. The monoisotopic (exact) mass is 263 g/mol. The van der Waals surface area contributed by atoms with Gasteiger partial charge in [0.25, 0.3) is 0 Å². The molecule has 2 nitrogen and oxygen atoms in total. The van der Waals surface area contributed by atoms with Gasteiger partial charge in [-0.15, -0.1) is 0 Å². The predicted molar refractivity (Wildman–Crippen MR) is 82.9 cm³/mol. The topological polar surface area (TPSA) is 35.2 Å². The van der Waals surface area contributed by atoms with Gasteiger partial charge in [-0.2, -0.15) is 0 Å². The van der Waals surface area contributed by atoms with Crippen molar-refractivity contribution < 1.29 is 4.74 Å². The smallest absolute Gasteiger partial charge is 0.122 e. The molecule has 0 radical (unpaired) electrons. The van der Waals surface area contributed by atoms with Crippen molar-refractivity contribution in [1.82, 2.24) is 0 Å². The molecule has 0 aliphatic carbocycles. The van der Waals surface area contributed by atoms with Crippen molar-refractivity contribution in [3.8, 4) is 5.75 Å². The van der Waals surface area contributed by atoms with Crippen LogP contribution in [0.5, 0.6) is 5.75 Å². The van der Waals surface area contributed by atoms with Gasteiger partial charge in [0.2, 0.25) is 0 Å². The zero-order valence-electron chi connectivity index (χ0n) is 13.1. The molecule has 0 aliphatic heterocycles. The van der Waals surface area contributed by atoms with E-state index < -0.39 is 0 Å². The maximum Gasteiger partial charge on any atom is 0.122 e. The molecule has 2 heteroatoms. The lowest BCUT2D eigenvalue weighted by atomic mass is 9.76. The summed E-state index contributed by atoms with van der Waals surface area (Å²) in [6.45, 7) is 9.64. The first kappa shape index (κ1) is 16.0. The Morgan fingerprint density at radius 1 is 1.21 bits per heavy atom. The first-order valence-electron chi connectivity index (χ1n) is 7.38. The zero-order chi connectivity index (χ0) is 14.5. The first-order chi connectivity index (χ1) is 9.01. The fraction of sp³-hybridized carbons (Fsp3) is 0.647. The van der Waals surface area contributed by atoms with Gasteiger partial charge in [-0.1, -0.05) is 39.8 Å². The molecule has 0 saturated carbocycles. The summed E-state index contributed by atoms with van der Waals surface area (Å²) < 4.78 is 5.52. The van der Waals surface area contributed by atoms with E-state index in [0.29, 0.717) is 5.92 Å². The fourth-order valence-corrected chi connectivity index (χ4v) is 2.56. The van der Waals surface area contributed by atoms with E-state index in [2.05, 4.69) is 45.9 Å². The Kier molecular flexibility index (Phi) is 5.86. The number of hydrogen-bond acceptors (Lipinski definition) is 2. The first-order valence-corrected chi connectivity index (χ1v) is 7.38. The Labute approximate surface area is 118 Å². The second-order valence-corrected chi connectivity index (χ2v) is 5.81. The van der Waals surface area contributed by atoms with E-state index in [1.165, 1.54) is 11.1 Å². The molecule has 0 atom stereocenters. The second kappa shape index (κ2) is 6.95. The van der Waals surface area contributed by atoms with Gasteiger partial charge in [0.15, 0.2) is 0 Å². The van der Waals surface area contributed by atoms with Gasteiger partial charge in [0.1, 0.15) is 5.75 Å². The third-order valence-corrected chi connectivity index (χ3v) is 4.47. The lowest BCUT2D eigenvalue weighted by molar-refractivity contribution is 0.267. The van der Waals surface area contributed by atoms with Crippen LogP contribution < -0.4 is 10.5 Å². The van der Waals surface area contributed by atoms with Gasteiger partial charge in [-0.05, 0) is 54.3 Å². The van der Waals surface area contributed by atoms with Gasteiger partial charge in [0, 0.05) is 0 Å². The van der Waals surface area contributed by atoms with Crippen LogP contribution in [0.25, 0.3) is 0 Å². The number of nitrogens with two attached hydrogens (primary N) is 1. The highest BCUT2D eigenvalue weighted by molar-refractivity contribution is 5.39. The summed E-state index contributed by atoms with van der Waals surface area (Å²) in [6, 6.07) is 6.55. The summed E-state index contributed by atoms with van der Waals surface area (Å²) in [6.07, 6.45) is 3.21. The fourth-order valence-electron chi connectivity index (χ4n) is 2.56. The predicted octanol–water partition coefficient (Wildman–Crippen LogP) is 4.13. The second-order valence-electron chi connectivity index (χ2n) is 5.81. The molecule has 1 aromatic rings. The lowest BCUT2D eigenvalue weighted by Crippen LogP contribution is -2.31. The minimum absolute atomic E-state index is 0.197. The van der Waals surface area contributed by atoms with Crippen LogP contribution in [0.1, 0.15) is 57.6 Å². The van der Waals surface area contributed by atoms with Crippen molar-refractivity contribution in [2.45, 2.75) is 52.9 Å². The van der Waals surface area contributed by atoms with Crippen LogP contribution in [0.2, 0.25) is 0 Å². The molecule has 0 aliphatic rings. The Morgan fingerprint density at radius 2 is 1.84 bits per heavy atom. The quantitative estimate of drug-likeness (QED) is 0.803. The molecule has 0 amide bonds. The molecule has 108 valence electrons. The molecule has 19 heavy (non-hydrogen) atoms. The van der Waals surface area contributed by atoms with Crippen LogP contribution in [0.4, 0.5) is 0 Å². The maximum atomic E-state index is 6.03. The average molecular weight is 263 g/mol. The summed E-state index contributed by atoms with van der Waals surface area (Å²) in [7, 11) is 1.75. The van der Waals surface area contributed by atoms with Crippen molar-refractivity contribution in [2.24, 2.45) is 11.1 Å². The minimum Gasteiger partial charge on any atom is -0.496 e. The highest BCUT2D eigenvalue weighted by atomic mass is 16.5. The van der Waals surface area contributed by atoms with Gasteiger partial charge in [-0.25, -0.2) is 0 Å². The molecule has 1 aromatic carbocycles. The van der Waals surface area contributed by atoms with E-state index in [0.717, 1.165) is 31.6 Å². The van der Waals surface area contributed by atoms with E-state index in [1.54, 1.807) is 7.11 Å². The highest BCUT2D eigenvalue weighted by Gasteiger charge is 2.26. The number of rotatable bonds is 7. The van der Waals surface area contributed by atoms with E-state index in [1.807, 2.05) is 0 Å². The molecule has 2 N–H and O–H groups in total. The van der Waals surface area contributed by atoms with Crippen LogP contribution >= 0.6 is 0 Å². The summed E-state index contributed by atoms with van der Waals surface area (Å²) >= 11 is 0. The third kappa shape index (κ3) is 3.73. The molecular formula is C17H29NO. The molecule has 0 unspecified atom stereocenters. The van der Waals surface area contributed by atoms with Gasteiger partial charge in [0.05, 0.1) is 7.11 Å². The van der Waals surface area contributed by atoms with Crippen molar-refractivity contribution in [3.05, 3.63) is 29.3 Å². The van der Waals surface area contributed by atoms with E-state index >= 15 is 0 Å². The summed E-state index contributed by atoms with van der Waals surface area (Å²) in [4.78, 5) is 0. The molecule has 1 rings (SSSR count). The number of hydrogen-bond donors (Lipinski definition) is 1. The summed E-state index contributed by atoms with van der Waals surface area (Å²) in [5, 5.41) is 0. The van der Waals surface area contributed by atoms with Crippen LogP contribution in [0.3, 0.4) is 0 Å². The molecular weight excluding hydrogens is 234 g/mol. The van der Waals surface area contributed by atoms with Crippen LogP contribution in [0.15, 0.2) is 18.2 Å². The van der Waals surface area contributed by atoms with Gasteiger partial charge >= 0.3 is 0 Å². The minimum atomic E-state index is 0.197. The normalized spacial score (nSPS) is 11.9. The summed E-state index contributed by atoms with van der Waals surface area (Å²) in [5.74, 6) is 1.53. The van der Waals surface area contributed by atoms with E-state index in [9.17, 15) is 0 Å². The third-order valence-electron chi connectivity index (χ3n) is 4.47. The largest absolute Gasteiger partial charge is 0.496 e. The summed E-state index contributed by atoms with van der Waals surface area (Å²) in [5.41, 5.74) is 8.89. The van der Waals surface area contributed by atoms with Crippen molar-refractivity contribution >= 4 is 0 Å². The van der Waals surface area contributed by atoms with Crippen molar-refractivity contribution in [3.63, 3.8) is 0 Å². The van der Waals surface area contributed by atoms with Crippen LogP contribution in [-0.2, 0) is 6.42 Å². The Balaban J connectivity index is 3.12.